The van der Waals surface area contributed by atoms with E-state index in [1.807, 2.05) is 25.2 Å². The normalized spacial score (nSPS) is 20.6. The molecule has 1 fully saturated rings. The van der Waals surface area contributed by atoms with Crippen LogP contribution in [0.25, 0.3) is 17.2 Å². The average molecular weight is 584 g/mol. The Labute approximate surface area is 266 Å². The monoisotopic (exact) mass is 583 g/mol. The van der Waals surface area contributed by atoms with Crippen molar-refractivity contribution in [3.8, 4) is 11.1 Å². The van der Waals surface area contributed by atoms with E-state index in [0.717, 1.165) is 30.0 Å². The Morgan fingerprint density at radius 3 is 2.30 bits per heavy atom. The zero-order chi connectivity index (χ0) is 31.4. The maximum atomic E-state index is 6.19. The topological polar surface area (TPSA) is 21.3 Å². The lowest BCUT2D eigenvalue weighted by Crippen LogP contribution is -2.23. The number of aryl methyl sites for hydroxylation is 1. The standard InChI is InChI=1S/C42H49NO/c1-9-12-17-24-44-41(34(11-3)28(4)5)29(6)43-33-23-22-31(30(10-2)26-33)25-32-27-42(7,8)40-38-21-16-14-19-36(38)35-18-13-15-20-37(35)39(32)40/h9,11-26,28,39-40,43H,10,27H2,1-8H3/b12-9-,24-17-,32-25+,34-11-,41-29-. The second kappa shape index (κ2) is 13.3. The van der Waals surface area contributed by atoms with E-state index in [-0.39, 0.29) is 5.41 Å². The molecule has 0 saturated heterocycles. The van der Waals surface area contributed by atoms with E-state index in [4.69, 9.17) is 4.74 Å². The predicted octanol–water partition coefficient (Wildman–Crippen LogP) is 12.0. The fourth-order valence-electron chi connectivity index (χ4n) is 7.53. The van der Waals surface area contributed by atoms with Crippen LogP contribution in [0.3, 0.4) is 0 Å². The first-order chi connectivity index (χ1) is 21.2. The first-order valence-electron chi connectivity index (χ1n) is 16.3. The molecule has 44 heavy (non-hydrogen) atoms. The van der Waals surface area contributed by atoms with E-state index in [1.165, 1.54) is 39.0 Å². The zero-order valence-corrected chi connectivity index (χ0v) is 27.9. The molecule has 0 heterocycles. The van der Waals surface area contributed by atoms with Crippen molar-refractivity contribution in [1.82, 2.24) is 0 Å². The molecule has 0 aliphatic heterocycles. The molecule has 0 amide bonds. The molecule has 2 aliphatic rings. The van der Waals surface area contributed by atoms with Gasteiger partial charge in [0.25, 0.3) is 0 Å². The highest BCUT2D eigenvalue weighted by Crippen LogP contribution is 2.64. The van der Waals surface area contributed by atoms with Crippen LogP contribution in [0.15, 0.2) is 120 Å². The summed E-state index contributed by atoms with van der Waals surface area (Å²) in [5.74, 6) is 2.09. The van der Waals surface area contributed by atoms with Crippen LogP contribution in [0.2, 0.25) is 0 Å². The number of allylic oxidation sites excluding steroid dienone is 7. The molecule has 228 valence electrons. The third-order valence-corrected chi connectivity index (χ3v) is 9.42. The van der Waals surface area contributed by atoms with Crippen molar-refractivity contribution in [2.45, 2.75) is 80.1 Å². The van der Waals surface area contributed by atoms with Crippen LogP contribution in [0.1, 0.15) is 95.9 Å². The fourth-order valence-corrected chi connectivity index (χ4v) is 7.53. The summed E-state index contributed by atoms with van der Waals surface area (Å²) in [5.41, 5.74) is 13.5. The van der Waals surface area contributed by atoms with E-state index >= 15 is 0 Å². The smallest absolute Gasteiger partial charge is 0.148 e. The highest BCUT2D eigenvalue weighted by molar-refractivity contribution is 5.78. The number of ether oxygens (including phenoxy) is 1. The Morgan fingerprint density at radius 1 is 0.955 bits per heavy atom. The average Bonchev–Trinajstić information content (AvgIpc) is 3.29. The van der Waals surface area contributed by atoms with Gasteiger partial charge in [0.15, 0.2) is 0 Å². The van der Waals surface area contributed by atoms with E-state index < -0.39 is 0 Å². The van der Waals surface area contributed by atoms with E-state index in [0.29, 0.717) is 17.8 Å². The van der Waals surface area contributed by atoms with Crippen LogP contribution in [0.4, 0.5) is 5.69 Å². The van der Waals surface area contributed by atoms with Gasteiger partial charge in [-0.15, -0.1) is 0 Å². The summed E-state index contributed by atoms with van der Waals surface area (Å²) in [6.45, 7) is 17.8. The van der Waals surface area contributed by atoms with Gasteiger partial charge in [0.05, 0.1) is 12.0 Å². The van der Waals surface area contributed by atoms with Crippen LogP contribution in [-0.4, -0.2) is 0 Å². The lowest BCUT2D eigenvalue weighted by Gasteiger charge is -2.37. The van der Waals surface area contributed by atoms with Gasteiger partial charge in [-0.1, -0.05) is 119 Å². The molecule has 3 aromatic rings. The first-order valence-corrected chi connectivity index (χ1v) is 16.3. The number of anilines is 1. The summed E-state index contributed by atoms with van der Waals surface area (Å²) in [5, 5.41) is 3.67. The molecular weight excluding hydrogens is 534 g/mol. The summed E-state index contributed by atoms with van der Waals surface area (Å²) >= 11 is 0. The van der Waals surface area contributed by atoms with Crippen molar-refractivity contribution in [3.63, 3.8) is 0 Å². The van der Waals surface area contributed by atoms with Crippen molar-refractivity contribution < 1.29 is 4.74 Å². The minimum Gasteiger partial charge on any atom is -0.463 e. The summed E-state index contributed by atoms with van der Waals surface area (Å²) in [7, 11) is 0. The van der Waals surface area contributed by atoms with E-state index in [9.17, 15) is 0 Å². The van der Waals surface area contributed by atoms with Crippen LogP contribution in [-0.2, 0) is 11.2 Å². The molecule has 2 heteroatoms. The van der Waals surface area contributed by atoms with Crippen molar-refractivity contribution in [1.29, 1.82) is 0 Å². The van der Waals surface area contributed by atoms with Crippen LogP contribution in [0, 0.1) is 11.3 Å². The van der Waals surface area contributed by atoms with Crippen molar-refractivity contribution >= 4 is 11.8 Å². The lowest BCUT2D eigenvalue weighted by atomic mass is 9.66. The maximum absolute atomic E-state index is 6.19. The molecule has 3 aromatic carbocycles. The molecule has 0 aromatic heterocycles. The Bertz CT molecular complexity index is 1660. The zero-order valence-electron chi connectivity index (χ0n) is 27.9. The highest BCUT2D eigenvalue weighted by atomic mass is 16.5. The number of fused-ring (bicyclic) bond motifs is 6. The van der Waals surface area contributed by atoms with Gasteiger partial charge in [0.1, 0.15) is 5.76 Å². The molecule has 0 radical (unpaired) electrons. The SMILES string of the molecule is C/C=C\C=C/OC(/C(=C\C)C(C)C)=C(/C)Nc1ccc(/C=C2\CC(C)(C)C3c4ccccc4-c4ccccc4C23)c(CC)c1. The van der Waals surface area contributed by atoms with Gasteiger partial charge in [-0.05, 0) is 102 Å². The number of nitrogens with one attached hydrogen (secondary N) is 1. The quantitative estimate of drug-likeness (QED) is 0.200. The molecule has 0 bridgehead atoms. The van der Waals surface area contributed by atoms with Gasteiger partial charge in [-0.2, -0.15) is 0 Å². The molecule has 5 rings (SSSR count). The number of hydrogen-bond acceptors (Lipinski definition) is 2. The van der Waals surface area contributed by atoms with Crippen molar-refractivity contribution in [2.24, 2.45) is 11.3 Å². The lowest BCUT2D eigenvalue weighted by molar-refractivity contribution is 0.321. The molecule has 0 spiro atoms. The third-order valence-electron chi connectivity index (χ3n) is 9.42. The van der Waals surface area contributed by atoms with Crippen LogP contribution in [0.5, 0.6) is 0 Å². The molecule has 1 saturated carbocycles. The van der Waals surface area contributed by atoms with E-state index in [2.05, 4.69) is 133 Å². The molecule has 2 nitrogen and oxygen atoms in total. The van der Waals surface area contributed by atoms with Gasteiger partial charge < -0.3 is 10.1 Å². The van der Waals surface area contributed by atoms with Gasteiger partial charge in [-0.25, -0.2) is 0 Å². The summed E-state index contributed by atoms with van der Waals surface area (Å²) < 4.78 is 6.19. The molecule has 2 aliphatic carbocycles. The summed E-state index contributed by atoms with van der Waals surface area (Å²) in [6.07, 6.45) is 14.4. The third kappa shape index (κ3) is 6.13. The first kappa shape index (κ1) is 31.4. The Balaban J connectivity index is 1.51. The molecule has 2 unspecified atom stereocenters. The minimum atomic E-state index is 0.175. The highest BCUT2D eigenvalue weighted by Gasteiger charge is 2.49. The summed E-state index contributed by atoms with van der Waals surface area (Å²) in [4.78, 5) is 0. The maximum Gasteiger partial charge on any atom is 0.148 e. The fraction of sp³-hybridized carbons (Fsp3) is 0.333. The largest absolute Gasteiger partial charge is 0.463 e. The summed E-state index contributed by atoms with van der Waals surface area (Å²) in [6, 6.07) is 25.0. The minimum absolute atomic E-state index is 0.175. The Morgan fingerprint density at radius 2 is 1.64 bits per heavy atom. The van der Waals surface area contributed by atoms with Gasteiger partial charge in [0.2, 0.25) is 0 Å². The van der Waals surface area contributed by atoms with Crippen LogP contribution >= 0.6 is 0 Å². The van der Waals surface area contributed by atoms with Crippen LogP contribution < -0.4 is 5.32 Å². The predicted molar refractivity (Wildman–Crippen MR) is 190 cm³/mol. The number of rotatable bonds is 9. The Kier molecular flexibility index (Phi) is 9.49. The Hall–Kier alpha value is -4.04. The molecule has 1 N–H and O–H groups in total. The molecule has 2 atom stereocenters. The van der Waals surface area contributed by atoms with Gasteiger partial charge in [0, 0.05) is 17.5 Å². The number of benzene rings is 3. The van der Waals surface area contributed by atoms with E-state index in [1.54, 1.807) is 11.8 Å². The van der Waals surface area contributed by atoms with Crippen molar-refractivity contribution in [2.75, 3.05) is 5.32 Å². The van der Waals surface area contributed by atoms with Gasteiger partial charge in [-0.3, -0.25) is 0 Å². The second-order valence-corrected chi connectivity index (χ2v) is 13.2. The van der Waals surface area contributed by atoms with Crippen molar-refractivity contribution in [3.05, 3.63) is 142 Å². The second-order valence-electron chi connectivity index (χ2n) is 13.2. The number of hydrogen-bond donors (Lipinski definition) is 1. The molecular formula is C42H49NO. The van der Waals surface area contributed by atoms with Gasteiger partial charge >= 0.3 is 0 Å².